The van der Waals surface area contributed by atoms with Crippen LogP contribution in [-0.2, 0) is 16.2 Å². The van der Waals surface area contributed by atoms with Gasteiger partial charge in [0.1, 0.15) is 12.4 Å². The molecule has 0 saturated carbocycles. The van der Waals surface area contributed by atoms with E-state index in [0.29, 0.717) is 10.0 Å². The predicted molar refractivity (Wildman–Crippen MR) is 105 cm³/mol. The number of benzene rings is 1. The van der Waals surface area contributed by atoms with Crippen LogP contribution in [0.3, 0.4) is 0 Å². The van der Waals surface area contributed by atoms with Gasteiger partial charge in [-0.1, -0.05) is 34.4 Å². The van der Waals surface area contributed by atoms with Gasteiger partial charge in [0.25, 0.3) is 0 Å². The minimum atomic E-state index is 0.201. The van der Waals surface area contributed by atoms with Gasteiger partial charge in [-0.25, -0.2) is 4.98 Å². The third-order valence-corrected chi connectivity index (χ3v) is 4.77. The Morgan fingerprint density at radius 1 is 1.19 bits per heavy atom. The van der Waals surface area contributed by atoms with Crippen LogP contribution in [0.15, 0.2) is 41.7 Å². The molecule has 2 aromatic rings. The topological polar surface area (TPSA) is 47.0 Å². The van der Waals surface area contributed by atoms with Crippen LogP contribution in [0.25, 0.3) is 0 Å². The molecule has 2 heterocycles. The average Bonchev–Trinajstić information content (AvgIpc) is 2.60. The summed E-state index contributed by atoms with van der Waals surface area (Å²) in [6, 6.07) is 9.28. The zero-order chi connectivity index (χ0) is 18.5. The van der Waals surface area contributed by atoms with Gasteiger partial charge in [-0.3, -0.25) is 0 Å². The summed E-state index contributed by atoms with van der Waals surface area (Å²) in [6.45, 7) is 6.04. The smallest absolute Gasteiger partial charge is 0.145 e. The van der Waals surface area contributed by atoms with E-state index in [0.717, 1.165) is 30.0 Å². The summed E-state index contributed by atoms with van der Waals surface area (Å²) in [5.74, 6) is 0.938. The summed E-state index contributed by atoms with van der Waals surface area (Å²) in [4.78, 5) is 12.1. The fourth-order valence-electron chi connectivity index (χ4n) is 2.90. The van der Waals surface area contributed by atoms with Crippen molar-refractivity contribution in [3.8, 4) is 0 Å². The van der Waals surface area contributed by atoms with Crippen molar-refractivity contribution < 1.29 is 9.57 Å². The summed E-state index contributed by atoms with van der Waals surface area (Å²) in [6.07, 6.45) is 3.79. The number of oxime groups is 1. The van der Waals surface area contributed by atoms with Gasteiger partial charge in [0.2, 0.25) is 0 Å². The minimum absolute atomic E-state index is 0.201. The van der Waals surface area contributed by atoms with Crippen LogP contribution < -0.4 is 4.90 Å². The number of morpholine rings is 1. The second-order valence-corrected chi connectivity index (χ2v) is 7.13. The predicted octanol–water partition coefficient (Wildman–Crippen LogP) is 4.55. The van der Waals surface area contributed by atoms with Crippen LogP contribution >= 0.6 is 23.2 Å². The average molecular weight is 394 g/mol. The molecule has 138 valence electrons. The second kappa shape index (κ2) is 8.71. The molecule has 1 saturated heterocycles. The van der Waals surface area contributed by atoms with E-state index in [1.807, 2.05) is 12.1 Å². The van der Waals surface area contributed by atoms with Gasteiger partial charge in [-0.05, 0) is 38.1 Å². The van der Waals surface area contributed by atoms with E-state index >= 15 is 0 Å². The molecule has 0 spiro atoms. The van der Waals surface area contributed by atoms with Crippen molar-refractivity contribution in [3.05, 3.63) is 57.7 Å². The lowest BCUT2D eigenvalue weighted by Gasteiger charge is -2.36. The molecule has 2 atom stereocenters. The third kappa shape index (κ3) is 4.87. The normalized spacial score (nSPS) is 20.5. The Balaban J connectivity index is 1.56. The van der Waals surface area contributed by atoms with Crippen molar-refractivity contribution in [1.29, 1.82) is 0 Å². The highest BCUT2D eigenvalue weighted by Gasteiger charge is 2.22. The van der Waals surface area contributed by atoms with Gasteiger partial charge >= 0.3 is 0 Å². The molecule has 0 unspecified atom stereocenters. The fourth-order valence-corrected chi connectivity index (χ4v) is 3.40. The van der Waals surface area contributed by atoms with Gasteiger partial charge in [0.15, 0.2) is 0 Å². The molecule has 0 aliphatic carbocycles. The number of halogens is 2. The van der Waals surface area contributed by atoms with E-state index in [2.05, 4.69) is 28.9 Å². The highest BCUT2D eigenvalue weighted by molar-refractivity contribution is 6.35. The number of rotatable bonds is 5. The molecule has 7 heteroatoms. The Morgan fingerprint density at radius 2 is 1.88 bits per heavy atom. The summed E-state index contributed by atoms with van der Waals surface area (Å²) >= 11 is 12.2. The van der Waals surface area contributed by atoms with Crippen molar-refractivity contribution in [3.63, 3.8) is 0 Å². The Morgan fingerprint density at radius 3 is 2.50 bits per heavy atom. The van der Waals surface area contributed by atoms with Crippen molar-refractivity contribution >= 4 is 35.2 Å². The molecule has 3 rings (SSSR count). The van der Waals surface area contributed by atoms with E-state index in [9.17, 15) is 0 Å². The zero-order valence-corrected chi connectivity index (χ0v) is 16.2. The minimum Gasteiger partial charge on any atom is -0.391 e. The van der Waals surface area contributed by atoms with Crippen LogP contribution in [0.1, 0.15) is 25.0 Å². The monoisotopic (exact) mass is 393 g/mol. The number of hydrogen-bond donors (Lipinski definition) is 0. The lowest BCUT2D eigenvalue weighted by Crippen LogP contribution is -2.45. The standard InChI is InChI=1S/C19H21Cl2N3O2/c1-13-10-24(11-14(2)26-13)19-7-6-15(8-22-19)9-23-25-12-16-17(20)4-3-5-18(16)21/h3-9,13-14H,10-12H2,1-2H3/b23-9-/t13-,14-/m0/s1. The Hall–Kier alpha value is -1.82. The first kappa shape index (κ1) is 19.0. The number of anilines is 1. The van der Waals surface area contributed by atoms with E-state index in [4.69, 9.17) is 32.8 Å². The van der Waals surface area contributed by atoms with E-state index < -0.39 is 0 Å². The Bertz CT molecular complexity index is 738. The number of aromatic nitrogens is 1. The molecule has 1 aromatic carbocycles. The highest BCUT2D eigenvalue weighted by atomic mass is 35.5. The Kier molecular flexibility index (Phi) is 6.35. The van der Waals surface area contributed by atoms with Gasteiger partial charge in [0.05, 0.1) is 18.4 Å². The molecule has 1 aliphatic heterocycles. The molecular weight excluding hydrogens is 373 g/mol. The quantitative estimate of drug-likeness (QED) is 0.551. The van der Waals surface area contributed by atoms with Gasteiger partial charge in [0, 0.05) is 40.5 Å². The third-order valence-electron chi connectivity index (χ3n) is 4.06. The van der Waals surface area contributed by atoms with E-state index in [1.165, 1.54) is 0 Å². The van der Waals surface area contributed by atoms with Crippen molar-refractivity contribution in [2.75, 3.05) is 18.0 Å². The fraction of sp³-hybridized carbons (Fsp3) is 0.368. The molecule has 0 radical (unpaired) electrons. The van der Waals surface area contributed by atoms with Crippen LogP contribution in [0.5, 0.6) is 0 Å². The molecule has 1 aliphatic rings. The SMILES string of the molecule is C[C@H]1CN(c2ccc(/C=N\OCc3c(Cl)cccc3Cl)cn2)C[C@H](C)O1. The van der Waals surface area contributed by atoms with E-state index in [-0.39, 0.29) is 18.8 Å². The van der Waals surface area contributed by atoms with Crippen LogP contribution in [-0.4, -0.2) is 36.5 Å². The van der Waals surface area contributed by atoms with E-state index in [1.54, 1.807) is 30.6 Å². The molecule has 1 fully saturated rings. The van der Waals surface area contributed by atoms with Crippen LogP contribution in [0, 0.1) is 0 Å². The Labute approximate surface area is 163 Å². The summed E-state index contributed by atoms with van der Waals surface area (Å²) in [7, 11) is 0. The molecule has 0 N–H and O–H groups in total. The van der Waals surface area contributed by atoms with Crippen molar-refractivity contribution in [2.24, 2.45) is 5.16 Å². The highest BCUT2D eigenvalue weighted by Crippen LogP contribution is 2.25. The maximum Gasteiger partial charge on any atom is 0.145 e. The first-order valence-corrected chi connectivity index (χ1v) is 9.23. The molecule has 26 heavy (non-hydrogen) atoms. The largest absolute Gasteiger partial charge is 0.391 e. The molecular formula is C19H21Cl2N3O2. The van der Waals surface area contributed by atoms with Gasteiger partial charge < -0.3 is 14.5 Å². The lowest BCUT2D eigenvalue weighted by atomic mass is 10.2. The summed E-state index contributed by atoms with van der Waals surface area (Å²) in [5, 5.41) is 5.09. The lowest BCUT2D eigenvalue weighted by molar-refractivity contribution is -0.00545. The molecule has 0 amide bonds. The number of hydrogen-bond acceptors (Lipinski definition) is 5. The van der Waals surface area contributed by atoms with Gasteiger partial charge in [-0.15, -0.1) is 0 Å². The molecule has 1 aromatic heterocycles. The first-order chi connectivity index (χ1) is 12.5. The van der Waals surface area contributed by atoms with Crippen LogP contribution in [0.4, 0.5) is 5.82 Å². The van der Waals surface area contributed by atoms with Crippen molar-refractivity contribution in [1.82, 2.24) is 4.98 Å². The van der Waals surface area contributed by atoms with Gasteiger partial charge in [-0.2, -0.15) is 0 Å². The number of pyridine rings is 1. The molecule has 5 nitrogen and oxygen atoms in total. The summed E-state index contributed by atoms with van der Waals surface area (Å²) < 4.78 is 5.75. The molecule has 0 bridgehead atoms. The van der Waals surface area contributed by atoms with Crippen molar-refractivity contribution in [2.45, 2.75) is 32.7 Å². The maximum atomic E-state index is 6.10. The number of nitrogens with zero attached hydrogens (tertiary/aromatic N) is 3. The zero-order valence-electron chi connectivity index (χ0n) is 14.7. The second-order valence-electron chi connectivity index (χ2n) is 6.32. The maximum absolute atomic E-state index is 6.10. The first-order valence-electron chi connectivity index (χ1n) is 8.47. The van der Waals surface area contributed by atoms with Crippen LogP contribution in [0.2, 0.25) is 10.0 Å². The number of ether oxygens (including phenoxy) is 1. The summed E-state index contributed by atoms with van der Waals surface area (Å²) in [5.41, 5.74) is 1.57.